The molecule has 2 aromatic rings. The van der Waals surface area contributed by atoms with Gasteiger partial charge in [-0.05, 0) is 30.2 Å². The van der Waals surface area contributed by atoms with Crippen LogP contribution in [0.5, 0.6) is 0 Å². The molecule has 2 rings (SSSR count). The Morgan fingerprint density at radius 1 is 1.38 bits per heavy atom. The maximum atomic E-state index is 12.0. The van der Waals surface area contributed by atoms with Gasteiger partial charge in [-0.2, -0.15) is 0 Å². The number of rotatable bonds is 6. The van der Waals surface area contributed by atoms with Crippen LogP contribution in [-0.2, 0) is 9.53 Å². The Morgan fingerprint density at radius 3 is 2.62 bits per heavy atom. The summed E-state index contributed by atoms with van der Waals surface area (Å²) < 4.78 is 11.1. The molecule has 0 aliphatic rings. The number of hydrogen-bond acceptors (Lipinski definition) is 5. The first kappa shape index (κ1) is 16.1. The van der Waals surface area contributed by atoms with Gasteiger partial charge in [0.1, 0.15) is 17.8 Å². The van der Waals surface area contributed by atoms with Crippen molar-refractivity contribution in [2.24, 2.45) is 5.92 Å². The summed E-state index contributed by atoms with van der Waals surface area (Å²) in [4.78, 5) is 12.9. The van der Waals surface area contributed by atoms with Crippen molar-refractivity contribution in [1.82, 2.24) is 5.32 Å². The van der Waals surface area contributed by atoms with Gasteiger partial charge in [-0.3, -0.25) is 10.1 Å². The minimum atomic E-state index is -0.425. The average molecular weight is 328 g/mol. The van der Waals surface area contributed by atoms with Gasteiger partial charge < -0.3 is 9.15 Å². The van der Waals surface area contributed by atoms with Gasteiger partial charge in [0.05, 0.1) is 17.7 Å². The SMILES string of the molecule is COC(=O)[C@@H](NC(c1ccco1)c1ccc(Cl)s1)C(C)C. The summed E-state index contributed by atoms with van der Waals surface area (Å²) in [6, 6.07) is 6.81. The van der Waals surface area contributed by atoms with Crippen molar-refractivity contribution in [3.8, 4) is 0 Å². The predicted octanol–water partition coefficient (Wildman–Crippen LogP) is 3.87. The Labute approximate surface area is 133 Å². The lowest BCUT2D eigenvalue weighted by Gasteiger charge is -2.24. The molecule has 1 N–H and O–H groups in total. The second-order valence-corrected chi connectivity index (χ2v) is 6.75. The summed E-state index contributed by atoms with van der Waals surface area (Å²) in [5.41, 5.74) is 0. The molecule has 2 heterocycles. The molecule has 0 aliphatic carbocycles. The fraction of sp³-hybridized carbons (Fsp3) is 0.400. The van der Waals surface area contributed by atoms with Crippen molar-refractivity contribution < 1.29 is 13.9 Å². The molecule has 0 spiro atoms. The monoisotopic (exact) mass is 327 g/mol. The lowest BCUT2D eigenvalue weighted by Crippen LogP contribution is -2.43. The van der Waals surface area contributed by atoms with E-state index in [-0.39, 0.29) is 17.9 Å². The van der Waals surface area contributed by atoms with Crippen LogP contribution in [0.3, 0.4) is 0 Å². The van der Waals surface area contributed by atoms with Crippen LogP contribution in [0, 0.1) is 5.92 Å². The molecule has 4 nitrogen and oxygen atoms in total. The third-order valence-corrected chi connectivity index (χ3v) is 4.47. The van der Waals surface area contributed by atoms with E-state index in [1.807, 2.05) is 38.1 Å². The van der Waals surface area contributed by atoms with Gasteiger partial charge in [0, 0.05) is 4.88 Å². The summed E-state index contributed by atoms with van der Waals surface area (Å²) >= 11 is 7.48. The van der Waals surface area contributed by atoms with Gasteiger partial charge in [0.25, 0.3) is 0 Å². The standard InChI is InChI=1S/C15H18ClNO3S/c1-9(2)13(15(18)19-3)17-14(10-5-4-8-20-10)11-6-7-12(16)21-11/h4-9,13-14,17H,1-3H3/t13-,14?/m0/s1. The molecule has 0 bridgehead atoms. The van der Waals surface area contributed by atoms with Crippen LogP contribution >= 0.6 is 22.9 Å². The highest BCUT2D eigenvalue weighted by Crippen LogP contribution is 2.32. The van der Waals surface area contributed by atoms with Gasteiger partial charge in [0.2, 0.25) is 0 Å². The smallest absolute Gasteiger partial charge is 0.323 e. The lowest BCUT2D eigenvalue weighted by molar-refractivity contribution is -0.144. The Kier molecular flexibility index (Phi) is 5.45. The van der Waals surface area contributed by atoms with Crippen molar-refractivity contribution in [3.05, 3.63) is 45.5 Å². The molecule has 0 amide bonds. The summed E-state index contributed by atoms with van der Waals surface area (Å²) in [6.45, 7) is 3.93. The van der Waals surface area contributed by atoms with E-state index in [1.54, 1.807) is 6.26 Å². The van der Waals surface area contributed by atoms with Crippen molar-refractivity contribution in [1.29, 1.82) is 0 Å². The third-order valence-electron chi connectivity index (χ3n) is 3.17. The number of thiophene rings is 1. The van der Waals surface area contributed by atoms with Gasteiger partial charge in [0.15, 0.2) is 0 Å². The highest BCUT2D eigenvalue weighted by atomic mass is 35.5. The number of hydrogen-bond donors (Lipinski definition) is 1. The topological polar surface area (TPSA) is 51.5 Å². The van der Waals surface area contributed by atoms with E-state index in [0.717, 1.165) is 10.6 Å². The summed E-state index contributed by atoms with van der Waals surface area (Å²) in [5, 5.41) is 3.32. The highest BCUT2D eigenvalue weighted by molar-refractivity contribution is 7.16. The molecular weight excluding hydrogens is 310 g/mol. The van der Waals surface area contributed by atoms with Crippen molar-refractivity contribution in [2.75, 3.05) is 7.11 Å². The molecule has 0 aromatic carbocycles. The fourth-order valence-electron chi connectivity index (χ4n) is 2.08. The Hall–Kier alpha value is -1.30. The quantitative estimate of drug-likeness (QED) is 0.818. The minimum absolute atomic E-state index is 0.0883. The number of ether oxygens (including phenoxy) is 1. The minimum Gasteiger partial charge on any atom is -0.468 e. The number of esters is 1. The number of halogens is 1. The molecule has 114 valence electrons. The number of carbonyl (C=O) groups is 1. The van der Waals surface area contributed by atoms with E-state index in [1.165, 1.54) is 18.4 Å². The Bertz CT molecular complexity index is 580. The molecule has 1 unspecified atom stereocenters. The van der Waals surface area contributed by atoms with Gasteiger partial charge in [-0.25, -0.2) is 0 Å². The molecule has 21 heavy (non-hydrogen) atoms. The molecule has 0 saturated carbocycles. The second-order valence-electron chi connectivity index (χ2n) is 5.00. The van der Waals surface area contributed by atoms with Crippen LogP contribution in [0.1, 0.15) is 30.5 Å². The summed E-state index contributed by atoms with van der Waals surface area (Å²) in [7, 11) is 1.39. The van der Waals surface area contributed by atoms with E-state index in [4.69, 9.17) is 20.8 Å². The molecule has 6 heteroatoms. The molecule has 0 saturated heterocycles. The zero-order valence-electron chi connectivity index (χ0n) is 12.1. The van der Waals surface area contributed by atoms with Crippen LogP contribution in [-0.4, -0.2) is 19.1 Å². The van der Waals surface area contributed by atoms with E-state index < -0.39 is 6.04 Å². The predicted molar refractivity (Wildman–Crippen MR) is 83.7 cm³/mol. The number of furan rings is 1. The number of carbonyl (C=O) groups excluding carboxylic acids is 1. The van der Waals surface area contributed by atoms with Crippen LogP contribution in [0.25, 0.3) is 0 Å². The van der Waals surface area contributed by atoms with Crippen molar-refractivity contribution in [3.63, 3.8) is 0 Å². The molecule has 2 atom stereocenters. The zero-order valence-corrected chi connectivity index (χ0v) is 13.7. The lowest BCUT2D eigenvalue weighted by atomic mass is 10.0. The fourth-order valence-corrected chi connectivity index (χ4v) is 3.21. The molecule has 0 fully saturated rings. The molecule has 0 aliphatic heterocycles. The summed E-state index contributed by atoms with van der Waals surface area (Å²) in [6.07, 6.45) is 1.61. The normalized spacial score (nSPS) is 14.1. The number of methoxy groups -OCH3 is 1. The van der Waals surface area contributed by atoms with Crippen LogP contribution < -0.4 is 5.32 Å². The van der Waals surface area contributed by atoms with Crippen LogP contribution in [0.2, 0.25) is 4.34 Å². The first-order valence-electron chi connectivity index (χ1n) is 6.65. The first-order chi connectivity index (χ1) is 10.0. The van der Waals surface area contributed by atoms with Gasteiger partial charge in [-0.15, -0.1) is 11.3 Å². The second kappa shape index (κ2) is 7.11. The van der Waals surface area contributed by atoms with E-state index >= 15 is 0 Å². The largest absolute Gasteiger partial charge is 0.468 e. The first-order valence-corrected chi connectivity index (χ1v) is 7.85. The third kappa shape index (κ3) is 3.87. The van der Waals surface area contributed by atoms with Gasteiger partial charge in [-0.1, -0.05) is 25.4 Å². The molecule has 0 radical (unpaired) electrons. The molecular formula is C15H18ClNO3S. The Balaban J connectivity index is 2.30. The molecule has 2 aromatic heterocycles. The van der Waals surface area contributed by atoms with E-state index in [2.05, 4.69) is 5.32 Å². The van der Waals surface area contributed by atoms with Crippen molar-refractivity contribution >= 4 is 28.9 Å². The number of nitrogens with one attached hydrogen (secondary N) is 1. The van der Waals surface area contributed by atoms with Crippen molar-refractivity contribution in [2.45, 2.75) is 25.9 Å². The maximum absolute atomic E-state index is 12.0. The van der Waals surface area contributed by atoms with Gasteiger partial charge >= 0.3 is 5.97 Å². The summed E-state index contributed by atoms with van der Waals surface area (Å²) in [5.74, 6) is 0.539. The highest BCUT2D eigenvalue weighted by Gasteiger charge is 2.29. The zero-order chi connectivity index (χ0) is 15.4. The van der Waals surface area contributed by atoms with Crippen LogP contribution in [0.4, 0.5) is 0 Å². The average Bonchev–Trinajstić information content (AvgIpc) is 3.10. The Morgan fingerprint density at radius 2 is 2.14 bits per heavy atom. The van der Waals surface area contributed by atoms with Crippen LogP contribution in [0.15, 0.2) is 34.9 Å². The van der Waals surface area contributed by atoms with E-state index in [0.29, 0.717) is 4.34 Å². The maximum Gasteiger partial charge on any atom is 0.323 e. The van der Waals surface area contributed by atoms with E-state index in [9.17, 15) is 4.79 Å².